The number of benzene rings is 2. The van der Waals surface area contributed by atoms with Gasteiger partial charge >= 0.3 is 5.97 Å². The summed E-state index contributed by atoms with van der Waals surface area (Å²) in [5.41, 5.74) is 1.43. The molecule has 132 valence electrons. The second-order valence-corrected chi connectivity index (χ2v) is 7.89. The molecule has 0 amide bonds. The van der Waals surface area contributed by atoms with E-state index in [0.29, 0.717) is 5.56 Å². The minimum atomic E-state index is -3.49. The van der Waals surface area contributed by atoms with Crippen molar-refractivity contribution in [2.45, 2.75) is 18.2 Å². The van der Waals surface area contributed by atoms with Gasteiger partial charge in [-0.3, -0.25) is 4.79 Å². The molecule has 0 aliphatic carbocycles. The summed E-state index contributed by atoms with van der Waals surface area (Å²) in [6.45, 7) is 1.55. The van der Waals surface area contributed by atoms with Crippen LogP contribution >= 0.6 is 11.6 Å². The third-order valence-electron chi connectivity index (χ3n) is 3.60. The van der Waals surface area contributed by atoms with Gasteiger partial charge < -0.3 is 4.74 Å². The van der Waals surface area contributed by atoms with Gasteiger partial charge in [0.2, 0.25) is 0 Å². The number of rotatable bonds is 6. The molecule has 0 aliphatic rings. The number of sulfone groups is 1. The smallest absolute Gasteiger partial charge is 0.340 e. The summed E-state index contributed by atoms with van der Waals surface area (Å²) in [4.78, 5) is 24.2. The maximum absolute atomic E-state index is 12.1. The average molecular weight is 381 g/mol. The van der Waals surface area contributed by atoms with Crippen molar-refractivity contribution in [1.29, 1.82) is 0 Å². The van der Waals surface area contributed by atoms with Crippen LogP contribution in [0.1, 0.15) is 33.2 Å². The van der Waals surface area contributed by atoms with Gasteiger partial charge in [-0.05, 0) is 30.2 Å². The van der Waals surface area contributed by atoms with Crippen molar-refractivity contribution in [2.24, 2.45) is 0 Å². The molecular weight excluding hydrogens is 364 g/mol. The molecule has 0 unspecified atom stereocenters. The van der Waals surface area contributed by atoms with Crippen molar-refractivity contribution >= 4 is 33.2 Å². The minimum Gasteiger partial charge on any atom is -0.454 e. The number of halogens is 1. The predicted molar refractivity (Wildman–Crippen MR) is 95.0 cm³/mol. The zero-order valence-corrected chi connectivity index (χ0v) is 15.4. The number of carbonyl (C=O) groups excluding carboxylic acids is 2. The topological polar surface area (TPSA) is 77.5 Å². The Morgan fingerprint density at radius 2 is 1.72 bits per heavy atom. The first-order chi connectivity index (χ1) is 11.7. The fourth-order valence-electron chi connectivity index (χ4n) is 2.11. The van der Waals surface area contributed by atoms with E-state index < -0.39 is 22.4 Å². The maximum Gasteiger partial charge on any atom is 0.340 e. The summed E-state index contributed by atoms with van der Waals surface area (Å²) >= 11 is 5.93. The number of hydrogen-bond acceptors (Lipinski definition) is 5. The minimum absolute atomic E-state index is 0.0506. The monoisotopic (exact) mass is 380 g/mol. The lowest BCUT2D eigenvalue weighted by Crippen LogP contribution is -2.15. The number of esters is 1. The fourth-order valence-corrected chi connectivity index (χ4v) is 2.95. The molecule has 0 N–H and O–H groups in total. The van der Waals surface area contributed by atoms with Crippen molar-refractivity contribution < 1.29 is 22.7 Å². The lowest BCUT2D eigenvalue weighted by Gasteiger charge is -2.08. The molecule has 2 aromatic rings. The van der Waals surface area contributed by atoms with Crippen molar-refractivity contribution in [3.05, 3.63) is 64.2 Å². The summed E-state index contributed by atoms with van der Waals surface area (Å²) in [7, 11) is -3.49. The Bertz CT molecular complexity index is 902. The van der Waals surface area contributed by atoms with Crippen LogP contribution in [-0.4, -0.2) is 33.0 Å². The van der Waals surface area contributed by atoms with Gasteiger partial charge in [-0.2, -0.15) is 0 Å². The molecule has 0 spiro atoms. The molecule has 0 radical (unpaired) electrons. The van der Waals surface area contributed by atoms with E-state index in [2.05, 4.69) is 0 Å². The quantitative estimate of drug-likeness (QED) is 0.567. The van der Waals surface area contributed by atoms with E-state index in [9.17, 15) is 18.0 Å². The zero-order valence-electron chi connectivity index (χ0n) is 13.8. The first-order valence-electron chi connectivity index (χ1n) is 7.51. The number of hydrogen-bond donors (Lipinski definition) is 0. The van der Waals surface area contributed by atoms with Crippen LogP contribution in [0, 0.1) is 0 Å². The van der Waals surface area contributed by atoms with E-state index in [-0.39, 0.29) is 21.3 Å². The van der Waals surface area contributed by atoms with E-state index in [1.165, 1.54) is 12.1 Å². The largest absolute Gasteiger partial charge is 0.454 e. The van der Waals surface area contributed by atoms with E-state index in [4.69, 9.17) is 16.3 Å². The summed E-state index contributed by atoms with van der Waals surface area (Å²) in [5.74, 6) is -1.21. The molecule has 0 fully saturated rings. The van der Waals surface area contributed by atoms with Crippen LogP contribution in [-0.2, 0) is 21.0 Å². The van der Waals surface area contributed by atoms with E-state index in [1.54, 1.807) is 12.1 Å². The number of ether oxygens (including phenoxy) is 1. The van der Waals surface area contributed by atoms with Crippen LogP contribution in [0.2, 0.25) is 5.02 Å². The van der Waals surface area contributed by atoms with Crippen LogP contribution in [0.5, 0.6) is 0 Å². The molecule has 0 aromatic heterocycles. The molecule has 7 heteroatoms. The van der Waals surface area contributed by atoms with Crippen LogP contribution in [0.25, 0.3) is 0 Å². The number of carbonyl (C=O) groups is 2. The van der Waals surface area contributed by atoms with Gasteiger partial charge in [0.05, 0.1) is 15.5 Å². The van der Waals surface area contributed by atoms with Gasteiger partial charge in [-0.15, -0.1) is 0 Å². The van der Waals surface area contributed by atoms with Crippen molar-refractivity contribution in [2.75, 3.05) is 12.9 Å². The van der Waals surface area contributed by atoms with E-state index in [0.717, 1.165) is 24.3 Å². The zero-order chi connectivity index (χ0) is 18.6. The Kier molecular flexibility index (Phi) is 5.98. The van der Waals surface area contributed by atoms with Gasteiger partial charge in [0.15, 0.2) is 22.2 Å². The van der Waals surface area contributed by atoms with E-state index >= 15 is 0 Å². The molecule has 0 saturated carbocycles. The second-order valence-electron chi connectivity index (χ2n) is 5.46. The lowest BCUT2D eigenvalue weighted by molar-refractivity contribution is 0.0474. The fraction of sp³-hybridized carbons (Fsp3) is 0.222. The molecule has 0 saturated heterocycles. The maximum atomic E-state index is 12.1. The van der Waals surface area contributed by atoms with Crippen molar-refractivity contribution in [1.82, 2.24) is 0 Å². The Morgan fingerprint density at radius 1 is 1.08 bits per heavy atom. The Morgan fingerprint density at radius 3 is 2.28 bits per heavy atom. The van der Waals surface area contributed by atoms with Crippen molar-refractivity contribution in [3.8, 4) is 0 Å². The van der Waals surface area contributed by atoms with Gasteiger partial charge in [0, 0.05) is 11.8 Å². The molecule has 2 rings (SSSR count). The molecule has 0 heterocycles. The van der Waals surface area contributed by atoms with E-state index in [1.807, 2.05) is 19.1 Å². The average Bonchev–Trinajstić information content (AvgIpc) is 2.58. The van der Waals surface area contributed by atoms with Crippen LogP contribution in [0.4, 0.5) is 0 Å². The molecule has 5 nitrogen and oxygen atoms in total. The molecule has 0 bridgehead atoms. The first kappa shape index (κ1) is 19.1. The van der Waals surface area contributed by atoms with Crippen LogP contribution in [0.3, 0.4) is 0 Å². The Labute approximate surface area is 151 Å². The van der Waals surface area contributed by atoms with Crippen LogP contribution < -0.4 is 0 Å². The summed E-state index contributed by atoms with van der Waals surface area (Å²) in [6, 6.07) is 10.8. The Balaban J connectivity index is 2.10. The third-order valence-corrected chi connectivity index (χ3v) is 5.04. The summed E-state index contributed by atoms with van der Waals surface area (Å²) in [6.07, 6.45) is 1.88. The summed E-state index contributed by atoms with van der Waals surface area (Å²) < 4.78 is 28.1. The highest BCUT2D eigenvalue weighted by atomic mass is 35.5. The second kappa shape index (κ2) is 7.80. The summed E-state index contributed by atoms with van der Waals surface area (Å²) in [5, 5.41) is 0.0529. The molecule has 0 atom stereocenters. The Hall–Kier alpha value is -2.18. The lowest BCUT2D eigenvalue weighted by atomic mass is 10.1. The third kappa shape index (κ3) is 4.90. The highest BCUT2D eigenvalue weighted by molar-refractivity contribution is 7.90. The molecule has 0 aliphatic heterocycles. The van der Waals surface area contributed by atoms with Gasteiger partial charge in [-0.25, -0.2) is 13.2 Å². The number of Topliss-reactive ketones (excluding diaryl/α,β-unsaturated/α-hetero) is 1. The van der Waals surface area contributed by atoms with Crippen molar-refractivity contribution in [3.63, 3.8) is 0 Å². The number of aryl methyl sites for hydroxylation is 1. The SMILES string of the molecule is CCc1ccc(C(=O)COC(=O)c2cc(S(C)(=O)=O)ccc2Cl)cc1. The molecule has 2 aromatic carbocycles. The normalized spacial score (nSPS) is 11.2. The highest BCUT2D eigenvalue weighted by Crippen LogP contribution is 2.21. The highest BCUT2D eigenvalue weighted by Gasteiger charge is 2.18. The van der Waals surface area contributed by atoms with Gasteiger partial charge in [-0.1, -0.05) is 42.8 Å². The van der Waals surface area contributed by atoms with Crippen LogP contribution in [0.15, 0.2) is 47.4 Å². The molecular formula is C18H17ClO5S. The number of ketones is 1. The van der Waals surface area contributed by atoms with Gasteiger partial charge in [0.1, 0.15) is 0 Å². The first-order valence-corrected chi connectivity index (χ1v) is 9.78. The molecule has 25 heavy (non-hydrogen) atoms. The standard InChI is InChI=1S/C18H17ClO5S/c1-3-12-4-6-13(7-5-12)17(20)11-24-18(21)15-10-14(25(2,22)23)8-9-16(15)19/h4-10H,3,11H2,1-2H3. The predicted octanol–water partition coefficient (Wildman–Crippen LogP) is 3.35. The van der Waals surface area contributed by atoms with Gasteiger partial charge in [0.25, 0.3) is 0 Å².